The smallest absolute Gasteiger partial charge is 0.150 e. The highest BCUT2D eigenvalue weighted by atomic mass is 16.1. The second-order valence-electron chi connectivity index (χ2n) is 5.12. The van der Waals surface area contributed by atoms with E-state index in [1.165, 1.54) is 26.2 Å². The van der Waals surface area contributed by atoms with Crippen LogP contribution in [0, 0.1) is 0 Å². The third kappa shape index (κ3) is 4.62. The largest absolute Gasteiger partial charge is 0.304 e. The van der Waals surface area contributed by atoms with Crippen LogP contribution in [0.25, 0.3) is 6.08 Å². The fraction of sp³-hybridized carbons (Fsp3) is 0.438. The zero-order valence-electron chi connectivity index (χ0n) is 11.6. The third-order valence-electron chi connectivity index (χ3n) is 3.59. The summed E-state index contributed by atoms with van der Waals surface area (Å²) in [6.45, 7) is 5.85. The Morgan fingerprint density at radius 2 is 1.68 bits per heavy atom. The molecule has 0 N–H and O–H groups in total. The summed E-state index contributed by atoms with van der Waals surface area (Å²) in [5.74, 6) is 0. The maximum atomic E-state index is 10.5. The number of carbonyl (C=O) groups excluding carboxylic acids is 1. The molecule has 0 bridgehead atoms. The highest BCUT2D eigenvalue weighted by Gasteiger charge is 2.11. The van der Waals surface area contributed by atoms with E-state index in [0.717, 1.165) is 30.4 Å². The maximum absolute atomic E-state index is 10.5. The van der Waals surface area contributed by atoms with Gasteiger partial charge in [0.2, 0.25) is 0 Å². The number of carbonyl (C=O) groups is 1. The van der Waals surface area contributed by atoms with E-state index in [4.69, 9.17) is 0 Å². The van der Waals surface area contributed by atoms with Crippen LogP contribution in [0.3, 0.4) is 0 Å². The number of likely N-dealkylation sites (N-methyl/N-ethyl adjacent to an activating group) is 1. The quantitative estimate of drug-likeness (QED) is 0.756. The molecule has 3 heteroatoms. The van der Waals surface area contributed by atoms with Crippen molar-refractivity contribution in [3.63, 3.8) is 0 Å². The van der Waals surface area contributed by atoms with Gasteiger partial charge in [0.15, 0.2) is 0 Å². The van der Waals surface area contributed by atoms with Gasteiger partial charge in [0, 0.05) is 38.3 Å². The standard InChI is InChI=1S/C16H22N2O/c1-17-10-12-18(13-11-17)9-3-2-4-15-5-7-16(14-19)8-6-15/h2,4-8,14H,3,9-13H2,1H3/b4-2+. The molecule has 1 saturated heterocycles. The van der Waals surface area contributed by atoms with Crippen LogP contribution < -0.4 is 0 Å². The molecule has 0 unspecified atom stereocenters. The molecule has 0 aromatic heterocycles. The molecule has 1 aliphatic rings. The average Bonchev–Trinajstić information content (AvgIpc) is 2.46. The predicted octanol–water partition coefficient (Wildman–Crippen LogP) is 2.15. The van der Waals surface area contributed by atoms with Crippen molar-refractivity contribution in [2.75, 3.05) is 39.8 Å². The van der Waals surface area contributed by atoms with Gasteiger partial charge in [-0.15, -0.1) is 0 Å². The minimum atomic E-state index is 0.731. The lowest BCUT2D eigenvalue weighted by atomic mass is 10.1. The van der Waals surface area contributed by atoms with E-state index in [1.54, 1.807) is 0 Å². The summed E-state index contributed by atoms with van der Waals surface area (Å²) in [5, 5.41) is 0. The molecule has 1 aromatic rings. The summed E-state index contributed by atoms with van der Waals surface area (Å²) in [4.78, 5) is 15.4. The normalized spacial score (nSPS) is 17.9. The van der Waals surface area contributed by atoms with Gasteiger partial charge in [-0.25, -0.2) is 0 Å². The van der Waals surface area contributed by atoms with Gasteiger partial charge in [-0.1, -0.05) is 36.4 Å². The average molecular weight is 258 g/mol. The van der Waals surface area contributed by atoms with Gasteiger partial charge >= 0.3 is 0 Å². The van der Waals surface area contributed by atoms with Crippen LogP contribution in [-0.4, -0.2) is 55.9 Å². The second-order valence-corrected chi connectivity index (χ2v) is 5.12. The zero-order chi connectivity index (χ0) is 13.5. The molecule has 2 rings (SSSR count). The lowest BCUT2D eigenvalue weighted by molar-refractivity contribution is 0.112. The van der Waals surface area contributed by atoms with Crippen molar-refractivity contribution in [3.8, 4) is 0 Å². The van der Waals surface area contributed by atoms with E-state index >= 15 is 0 Å². The molecule has 19 heavy (non-hydrogen) atoms. The number of piperazine rings is 1. The van der Waals surface area contributed by atoms with Gasteiger partial charge in [-0.3, -0.25) is 4.79 Å². The van der Waals surface area contributed by atoms with Crippen molar-refractivity contribution < 1.29 is 4.79 Å². The van der Waals surface area contributed by atoms with Gasteiger partial charge in [-0.05, 0) is 19.0 Å². The first-order chi connectivity index (χ1) is 9.28. The minimum Gasteiger partial charge on any atom is -0.304 e. The Morgan fingerprint density at radius 3 is 2.32 bits per heavy atom. The van der Waals surface area contributed by atoms with E-state index < -0.39 is 0 Å². The first-order valence-corrected chi connectivity index (χ1v) is 6.90. The number of aldehydes is 1. The number of rotatable bonds is 5. The summed E-state index contributed by atoms with van der Waals surface area (Å²) < 4.78 is 0. The van der Waals surface area contributed by atoms with Gasteiger partial charge in [-0.2, -0.15) is 0 Å². The topological polar surface area (TPSA) is 23.6 Å². The van der Waals surface area contributed by atoms with Crippen LogP contribution >= 0.6 is 0 Å². The molecule has 1 heterocycles. The van der Waals surface area contributed by atoms with Crippen molar-refractivity contribution in [1.82, 2.24) is 9.80 Å². The molecular weight excluding hydrogens is 236 g/mol. The number of hydrogen-bond acceptors (Lipinski definition) is 3. The number of benzene rings is 1. The van der Waals surface area contributed by atoms with Gasteiger partial charge in [0.25, 0.3) is 0 Å². The van der Waals surface area contributed by atoms with E-state index in [1.807, 2.05) is 24.3 Å². The van der Waals surface area contributed by atoms with Crippen LogP contribution in [0.15, 0.2) is 30.3 Å². The fourth-order valence-electron chi connectivity index (χ4n) is 2.23. The van der Waals surface area contributed by atoms with Crippen molar-refractivity contribution in [1.29, 1.82) is 0 Å². The molecule has 1 aromatic carbocycles. The van der Waals surface area contributed by atoms with Crippen molar-refractivity contribution in [3.05, 3.63) is 41.5 Å². The first kappa shape index (κ1) is 14.0. The monoisotopic (exact) mass is 258 g/mol. The first-order valence-electron chi connectivity index (χ1n) is 6.90. The van der Waals surface area contributed by atoms with E-state index in [0.29, 0.717) is 0 Å². The SMILES string of the molecule is CN1CCN(CC/C=C/c2ccc(C=O)cc2)CC1. The van der Waals surface area contributed by atoms with E-state index in [9.17, 15) is 4.79 Å². The molecule has 1 aliphatic heterocycles. The van der Waals surface area contributed by atoms with Gasteiger partial charge < -0.3 is 9.80 Å². The zero-order valence-corrected chi connectivity index (χ0v) is 11.6. The molecule has 102 valence electrons. The molecule has 0 radical (unpaired) electrons. The Kier molecular flexibility index (Phi) is 5.31. The lowest BCUT2D eigenvalue weighted by Gasteiger charge is -2.31. The third-order valence-corrected chi connectivity index (χ3v) is 3.59. The number of nitrogens with zero attached hydrogens (tertiary/aromatic N) is 2. The van der Waals surface area contributed by atoms with E-state index in [2.05, 4.69) is 29.0 Å². The number of hydrogen-bond donors (Lipinski definition) is 0. The highest BCUT2D eigenvalue weighted by Crippen LogP contribution is 2.06. The van der Waals surface area contributed by atoms with Crippen LogP contribution in [0.5, 0.6) is 0 Å². The van der Waals surface area contributed by atoms with Crippen LogP contribution in [0.2, 0.25) is 0 Å². The predicted molar refractivity (Wildman–Crippen MR) is 79.4 cm³/mol. The maximum Gasteiger partial charge on any atom is 0.150 e. The Labute approximate surface area is 115 Å². The van der Waals surface area contributed by atoms with Crippen LogP contribution in [0.4, 0.5) is 0 Å². The summed E-state index contributed by atoms with van der Waals surface area (Å²) in [7, 11) is 2.18. The highest BCUT2D eigenvalue weighted by molar-refractivity contribution is 5.75. The molecule has 0 spiro atoms. The van der Waals surface area contributed by atoms with Gasteiger partial charge in [0.1, 0.15) is 6.29 Å². The van der Waals surface area contributed by atoms with Crippen LogP contribution in [-0.2, 0) is 0 Å². The lowest BCUT2D eigenvalue weighted by Crippen LogP contribution is -2.44. The minimum absolute atomic E-state index is 0.731. The Bertz CT molecular complexity index is 417. The molecular formula is C16H22N2O. The summed E-state index contributed by atoms with van der Waals surface area (Å²) >= 11 is 0. The summed E-state index contributed by atoms with van der Waals surface area (Å²) in [6.07, 6.45) is 6.30. The van der Waals surface area contributed by atoms with Crippen molar-refractivity contribution in [2.24, 2.45) is 0 Å². The van der Waals surface area contributed by atoms with E-state index in [-0.39, 0.29) is 0 Å². The second kappa shape index (κ2) is 7.22. The van der Waals surface area contributed by atoms with Crippen LogP contribution in [0.1, 0.15) is 22.3 Å². The fourth-order valence-corrected chi connectivity index (χ4v) is 2.23. The van der Waals surface area contributed by atoms with Crippen molar-refractivity contribution in [2.45, 2.75) is 6.42 Å². The molecule has 3 nitrogen and oxygen atoms in total. The Morgan fingerprint density at radius 1 is 1.05 bits per heavy atom. The summed E-state index contributed by atoms with van der Waals surface area (Å²) in [6, 6.07) is 7.67. The molecule has 1 fully saturated rings. The Hall–Kier alpha value is -1.45. The molecule has 0 aliphatic carbocycles. The molecule has 0 amide bonds. The summed E-state index contributed by atoms with van der Waals surface area (Å²) in [5.41, 5.74) is 1.89. The van der Waals surface area contributed by atoms with Gasteiger partial charge in [0.05, 0.1) is 0 Å². The molecule has 0 atom stereocenters. The molecule has 0 saturated carbocycles. The Balaban J connectivity index is 1.72. The van der Waals surface area contributed by atoms with Crippen molar-refractivity contribution >= 4 is 12.4 Å².